The molecule has 0 saturated carbocycles. The van der Waals surface area contributed by atoms with E-state index in [0.29, 0.717) is 11.5 Å². The zero-order valence-electron chi connectivity index (χ0n) is 10.5. The summed E-state index contributed by atoms with van der Waals surface area (Å²) in [6, 6.07) is 8.18. The molecule has 0 aliphatic rings. The topological polar surface area (TPSA) is 48.1 Å². The number of rotatable bonds is 5. The monoisotopic (exact) mass is 278 g/mol. The number of benzene rings is 1. The van der Waals surface area contributed by atoms with Gasteiger partial charge in [-0.05, 0) is 29.8 Å². The molecule has 3 nitrogen and oxygen atoms in total. The molecular formula is C14H15FN2OS. The number of nitrogens with zero attached hydrogens (tertiary/aromatic N) is 1. The average molecular weight is 278 g/mol. The van der Waals surface area contributed by atoms with Crippen molar-refractivity contribution < 1.29 is 9.13 Å². The minimum atomic E-state index is -0.235. The van der Waals surface area contributed by atoms with Crippen LogP contribution in [0.2, 0.25) is 0 Å². The molecule has 1 aromatic carbocycles. The second-order valence-corrected chi connectivity index (χ2v) is 5.13. The van der Waals surface area contributed by atoms with Crippen molar-refractivity contribution in [3.8, 4) is 5.75 Å². The first kappa shape index (κ1) is 13.8. The second kappa shape index (κ2) is 6.54. The van der Waals surface area contributed by atoms with Crippen molar-refractivity contribution in [1.29, 1.82) is 0 Å². The summed E-state index contributed by atoms with van der Waals surface area (Å²) in [7, 11) is 1.59. The Bertz CT molecular complexity index is 550. The molecule has 2 aromatic rings. The highest BCUT2D eigenvalue weighted by Crippen LogP contribution is 2.25. The van der Waals surface area contributed by atoms with E-state index in [2.05, 4.69) is 4.98 Å². The molecule has 0 radical (unpaired) electrons. The number of nitrogens with two attached hydrogens (primary N) is 1. The number of hydrogen-bond donors (Lipinski definition) is 1. The molecule has 0 aliphatic heterocycles. The summed E-state index contributed by atoms with van der Waals surface area (Å²) in [5.74, 6) is 1.10. The third-order valence-corrected chi connectivity index (χ3v) is 3.74. The fourth-order valence-electron chi connectivity index (χ4n) is 1.59. The predicted molar refractivity (Wildman–Crippen MR) is 74.8 cm³/mol. The Labute approximate surface area is 116 Å². The third-order valence-electron chi connectivity index (χ3n) is 2.62. The maximum atomic E-state index is 13.0. The third kappa shape index (κ3) is 3.94. The molecular weight excluding hydrogens is 263 g/mol. The first-order valence-electron chi connectivity index (χ1n) is 5.82. The summed E-state index contributed by atoms with van der Waals surface area (Å²) in [6.07, 6.45) is 3.36. The van der Waals surface area contributed by atoms with Crippen LogP contribution in [0.5, 0.6) is 5.75 Å². The Hall–Kier alpha value is -1.59. The predicted octanol–water partition coefficient (Wildman–Crippen LogP) is 3.02. The summed E-state index contributed by atoms with van der Waals surface area (Å²) < 4.78 is 18.2. The zero-order valence-corrected chi connectivity index (χ0v) is 11.4. The summed E-state index contributed by atoms with van der Waals surface area (Å²) in [6.45, 7) is 0. The lowest BCUT2D eigenvalue weighted by molar-refractivity contribution is 0.412. The van der Waals surface area contributed by atoms with Crippen LogP contribution in [0.3, 0.4) is 0 Å². The summed E-state index contributed by atoms with van der Waals surface area (Å²) >= 11 is 1.52. The second-order valence-electron chi connectivity index (χ2n) is 4.03. The lowest BCUT2D eigenvalue weighted by Crippen LogP contribution is -2.13. The van der Waals surface area contributed by atoms with Crippen molar-refractivity contribution in [2.24, 2.45) is 5.73 Å². The van der Waals surface area contributed by atoms with E-state index < -0.39 is 0 Å². The first-order chi connectivity index (χ1) is 9.19. The first-order valence-corrected chi connectivity index (χ1v) is 6.80. The van der Waals surface area contributed by atoms with Gasteiger partial charge in [0.05, 0.1) is 13.3 Å². The van der Waals surface area contributed by atoms with Gasteiger partial charge in [-0.1, -0.05) is 6.07 Å². The lowest BCUT2D eigenvalue weighted by Gasteiger charge is -2.12. The number of methoxy groups -OCH3 is 1. The highest BCUT2D eigenvalue weighted by Gasteiger charge is 2.08. The molecule has 0 saturated heterocycles. The molecule has 0 spiro atoms. The summed E-state index contributed by atoms with van der Waals surface area (Å²) in [5.41, 5.74) is 7.00. The van der Waals surface area contributed by atoms with Crippen molar-refractivity contribution in [3.63, 3.8) is 0 Å². The van der Waals surface area contributed by atoms with Gasteiger partial charge >= 0.3 is 0 Å². The zero-order chi connectivity index (χ0) is 13.7. The molecule has 5 heteroatoms. The van der Waals surface area contributed by atoms with E-state index in [1.165, 1.54) is 23.9 Å². The van der Waals surface area contributed by atoms with Gasteiger partial charge in [0.25, 0.3) is 0 Å². The van der Waals surface area contributed by atoms with Gasteiger partial charge in [0.1, 0.15) is 11.6 Å². The number of hydrogen-bond acceptors (Lipinski definition) is 4. The number of pyridine rings is 1. The molecule has 100 valence electrons. The van der Waals surface area contributed by atoms with E-state index in [0.717, 1.165) is 10.5 Å². The number of halogens is 1. The largest absolute Gasteiger partial charge is 0.495 e. The van der Waals surface area contributed by atoms with Crippen molar-refractivity contribution >= 4 is 11.8 Å². The molecule has 2 rings (SSSR count). The van der Waals surface area contributed by atoms with E-state index in [1.54, 1.807) is 25.6 Å². The minimum absolute atomic E-state index is 0.170. The van der Waals surface area contributed by atoms with E-state index in [9.17, 15) is 4.39 Å². The van der Waals surface area contributed by atoms with Crippen LogP contribution in [0.25, 0.3) is 0 Å². The molecule has 0 amide bonds. The van der Waals surface area contributed by atoms with Gasteiger partial charge in [-0.25, -0.2) is 4.39 Å². The van der Waals surface area contributed by atoms with E-state index >= 15 is 0 Å². The maximum Gasteiger partial charge on any atom is 0.137 e. The normalized spacial score (nSPS) is 12.2. The minimum Gasteiger partial charge on any atom is -0.495 e. The number of aromatic nitrogens is 1. The maximum absolute atomic E-state index is 13.0. The summed E-state index contributed by atoms with van der Waals surface area (Å²) in [4.78, 5) is 4.94. The molecule has 0 bridgehead atoms. The van der Waals surface area contributed by atoms with Crippen LogP contribution in [0.4, 0.5) is 4.39 Å². The Kier molecular flexibility index (Phi) is 4.76. The van der Waals surface area contributed by atoms with E-state index in [1.807, 2.05) is 12.1 Å². The number of thioether (sulfide) groups is 1. The van der Waals surface area contributed by atoms with E-state index in [-0.39, 0.29) is 11.9 Å². The van der Waals surface area contributed by atoms with Crippen molar-refractivity contribution in [2.45, 2.75) is 10.9 Å². The van der Waals surface area contributed by atoms with Crippen LogP contribution in [0.1, 0.15) is 11.6 Å². The van der Waals surface area contributed by atoms with Crippen LogP contribution in [0.15, 0.2) is 47.6 Å². The highest BCUT2D eigenvalue weighted by molar-refractivity contribution is 7.99. The van der Waals surface area contributed by atoms with Gasteiger partial charge in [0.15, 0.2) is 0 Å². The smallest absolute Gasteiger partial charge is 0.137 e. The quantitative estimate of drug-likeness (QED) is 0.854. The number of ether oxygens (including phenoxy) is 1. The van der Waals surface area contributed by atoms with Gasteiger partial charge < -0.3 is 10.5 Å². The Morgan fingerprint density at radius 2 is 2.21 bits per heavy atom. The fourth-order valence-corrected chi connectivity index (χ4v) is 2.52. The SMILES string of the molecule is COc1cncc(C(N)CSc2cccc(F)c2)c1. The van der Waals surface area contributed by atoms with Crippen LogP contribution >= 0.6 is 11.8 Å². The van der Waals surface area contributed by atoms with Crippen molar-refractivity contribution in [2.75, 3.05) is 12.9 Å². The van der Waals surface area contributed by atoms with Crippen LogP contribution in [0, 0.1) is 5.82 Å². The standard InChI is InChI=1S/C14H15FN2OS/c1-18-12-5-10(7-17-8-12)14(16)9-19-13-4-2-3-11(15)6-13/h2-8,14H,9,16H2,1H3. The lowest BCUT2D eigenvalue weighted by atomic mass is 10.1. The molecule has 0 fully saturated rings. The molecule has 1 atom stereocenters. The van der Waals surface area contributed by atoms with Gasteiger partial charge in [0.2, 0.25) is 0 Å². The van der Waals surface area contributed by atoms with Gasteiger partial charge in [-0.3, -0.25) is 4.98 Å². The molecule has 19 heavy (non-hydrogen) atoms. The Morgan fingerprint density at radius 1 is 1.37 bits per heavy atom. The Morgan fingerprint density at radius 3 is 2.95 bits per heavy atom. The van der Waals surface area contributed by atoms with Gasteiger partial charge in [-0.2, -0.15) is 0 Å². The van der Waals surface area contributed by atoms with E-state index in [4.69, 9.17) is 10.5 Å². The van der Waals surface area contributed by atoms with Crippen LogP contribution in [-0.4, -0.2) is 17.8 Å². The Balaban J connectivity index is 1.99. The van der Waals surface area contributed by atoms with Gasteiger partial charge in [-0.15, -0.1) is 11.8 Å². The van der Waals surface area contributed by atoms with Gasteiger partial charge in [0, 0.05) is 22.9 Å². The van der Waals surface area contributed by atoms with Crippen LogP contribution < -0.4 is 10.5 Å². The summed E-state index contributed by atoms with van der Waals surface area (Å²) in [5, 5.41) is 0. The highest BCUT2D eigenvalue weighted by atomic mass is 32.2. The fraction of sp³-hybridized carbons (Fsp3) is 0.214. The van der Waals surface area contributed by atoms with Crippen molar-refractivity contribution in [3.05, 3.63) is 54.1 Å². The molecule has 1 aromatic heterocycles. The van der Waals surface area contributed by atoms with Crippen molar-refractivity contribution in [1.82, 2.24) is 4.98 Å². The van der Waals surface area contributed by atoms with Crippen LogP contribution in [-0.2, 0) is 0 Å². The molecule has 0 aliphatic carbocycles. The molecule has 2 N–H and O–H groups in total. The molecule has 1 unspecified atom stereocenters. The average Bonchev–Trinajstić information content (AvgIpc) is 2.45. The molecule has 1 heterocycles.